The van der Waals surface area contributed by atoms with Gasteiger partial charge in [-0.15, -0.1) is 0 Å². The molecular weight excluding hydrogens is 378 g/mol. The van der Waals surface area contributed by atoms with E-state index in [1.54, 1.807) is 24.5 Å². The molecule has 0 bridgehead atoms. The highest BCUT2D eigenvalue weighted by molar-refractivity contribution is 5.94. The van der Waals surface area contributed by atoms with Crippen molar-refractivity contribution in [2.24, 2.45) is 5.92 Å². The zero-order valence-electron chi connectivity index (χ0n) is 17.4. The zero-order valence-corrected chi connectivity index (χ0v) is 17.4. The van der Waals surface area contributed by atoms with Crippen LogP contribution in [0.3, 0.4) is 0 Å². The number of hydrogen-bond acceptors (Lipinski definition) is 4. The van der Waals surface area contributed by atoms with E-state index in [0.29, 0.717) is 11.5 Å². The molecule has 1 aromatic carbocycles. The summed E-state index contributed by atoms with van der Waals surface area (Å²) >= 11 is 0. The van der Waals surface area contributed by atoms with Crippen LogP contribution in [-0.4, -0.2) is 40.9 Å². The van der Waals surface area contributed by atoms with E-state index in [9.17, 15) is 9.59 Å². The lowest BCUT2D eigenvalue weighted by molar-refractivity contribution is -0.134. The average Bonchev–Trinajstić information content (AvgIpc) is 3.64. The fraction of sp³-hybridized carbons (Fsp3) is 0.458. The van der Waals surface area contributed by atoms with Crippen LogP contribution in [0.5, 0.6) is 5.75 Å². The molecule has 1 saturated carbocycles. The van der Waals surface area contributed by atoms with Gasteiger partial charge in [0.15, 0.2) is 0 Å². The molecule has 2 heterocycles. The number of nitrogens with zero attached hydrogens (tertiary/aromatic N) is 2. The van der Waals surface area contributed by atoms with E-state index in [4.69, 9.17) is 4.74 Å². The topological polar surface area (TPSA) is 71.5 Å². The van der Waals surface area contributed by atoms with Gasteiger partial charge in [0.2, 0.25) is 5.91 Å². The van der Waals surface area contributed by atoms with Gasteiger partial charge in [0.25, 0.3) is 5.91 Å². The monoisotopic (exact) mass is 407 g/mol. The predicted octanol–water partition coefficient (Wildman–Crippen LogP) is 3.74. The number of hydrogen-bond donors (Lipinski definition) is 1. The minimum Gasteiger partial charge on any atom is -0.490 e. The molecule has 0 spiro atoms. The minimum absolute atomic E-state index is 0.0417. The van der Waals surface area contributed by atoms with Crippen molar-refractivity contribution in [1.82, 2.24) is 15.2 Å². The van der Waals surface area contributed by atoms with Crippen LogP contribution in [0.25, 0.3) is 0 Å². The maximum Gasteiger partial charge on any atom is 0.251 e. The molecule has 0 radical (unpaired) electrons. The van der Waals surface area contributed by atoms with Crippen molar-refractivity contribution in [1.29, 1.82) is 0 Å². The van der Waals surface area contributed by atoms with Gasteiger partial charge >= 0.3 is 0 Å². The number of likely N-dealkylation sites (tertiary alicyclic amines) is 1. The number of benzene rings is 1. The summed E-state index contributed by atoms with van der Waals surface area (Å²) in [5, 5.41) is 3.08. The molecule has 6 heteroatoms. The Labute approximate surface area is 177 Å². The molecular formula is C24H29N3O3. The maximum absolute atomic E-state index is 12.6. The number of ether oxygens (including phenoxy) is 1. The van der Waals surface area contributed by atoms with E-state index in [1.165, 1.54) is 0 Å². The van der Waals surface area contributed by atoms with Crippen LogP contribution in [-0.2, 0) is 4.79 Å². The van der Waals surface area contributed by atoms with Crippen molar-refractivity contribution in [2.75, 3.05) is 13.1 Å². The molecule has 1 aliphatic heterocycles. The zero-order chi connectivity index (χ0) is 20.9. The first kappa shape index (κ1) is 20.4. The first-order chi connectivity index (χ1) is 14.6. The molecule has 30 heavy (non-hydrogen) atoms. The molecule has 0 unspecified atom stereocenters. The molecule has 2 aromatic rings. The fourth-order valence-corrected chi connectivity index (χ4v) is 3.92. The first-order valence-corrected chi connectivity index (χ1v) is 10.9. The van der Waals surface area contributed by atoms with E-state index >= 15 is 0 Å². The van der Waals surface area contributed by atoms with Gasteiger partial charge in [0.05, 0.1) is 6.04 Å². The Morgan fingerprint density at radius 3 is 2.33 bits per heavy atom. The Morgan fingerprint density at radius 1 is 1.07 bits per heavy atom. The average molecular weight is 408 g/mol. The van der Waals surface area contributed by atoms with Crippen molar-refractivity contribution in [3.8, 4) is 5.75 Å². The third-order valence-corrected chi connectivity index (χ3v) is 5.92. The van der Waals surface area contributed by atoms with Gasteiger partial charge in [-0.3, -0.25) is 14.6 Å². The van der Waals surface area contributed by atoms with Gasteiger partial charge in [-0.25, -0.2) is 0 Å². The quantitative estimate of drug-likeness (QED) is 0.759. The second-order valence-corrected chi connectivity index (χ2v) is 8.16. The van der Waals surface area contributed by atoms with Gasteiger partial charge in [0, 0.05) is 49.8 Å². The number of pyridine rings is 1. The van der Waals surface area contributed by atoms with Gasteiger partial charge in [0.1, 0.15) is 11.9 Å². The van der Waals surface area contributed by atoms with E-state index < -0.39 is 0 Å². The molecule has 1 aliphatic carbocycles. The van der Waals surface area contributed by atoms with E-state index in [0.717, 1.165) is 56.5 Å². The molecule has 2 fully saturated rings. The summed E-state index contributed by atoms with van der Waals surface area (Å²) in [6, 6.07) is 11.1. The summed E-state index contributed by atoms with van der Waals surface area (Å²) < 4.78 is 6.09. The lowest BCUT2D eigenvalue weighted by Gasteiger charge is -2.32. The molecule has 1 N–H and O–H groups in total. The normalized spacial score (nSPS) is 18.0. The van der Waals surface area contributed by atoms with Crippen molar-refractivity contribution < 1.29 is 14.3 Å². The molecule has 1 saturated heterocycles. The number of carbonyl (C=O) groups is 2. The van der Waals surface area contributed by atoms with Crippen LogP contribution in [0.15, 0.2) is 48.8 Å². The van der Waals surface area contributed by atoms with E-state index in [2.05, 4.69) is 10.3 Å². The van der Waals surface area contributed by atoms with Crippen LogP contribution in [0, 0.1) is 5.92 Å². The van der Waals surface area contributed by atoms with Gasteiger partial charge in [-0.1, -0.05) is 6.92 Å². The second kappa shape index (κ2) is 9.28. The molecule has 1 atom stereocenters. The molecule has 158 valence electrons. The Hall–Kier alpha value is -2.89. The highest BCUT2D eigenvalue weighted by Gasteiger charge is 2.35. The number of aromatic nitrogens is 1. The highest BCUT2D eigenvalue weighted by Crippen LogP contribution is 2.32. The second-order valence-electron chi connectivity index (χ2n) is 8.16. The third kappa shape index (κ3) is 4.99. The third-order valence-electron chi connectivity index (χ3n) is 5.92. The first-order valence-electron chi connectivity index (χ1n) is 10.9. The summed E-state index contributed by atoms with van der Waals surface area (Å²) in [6.45, 7) is 3.59. The molecule has 1 aromatic heterocycles. The summed E-state index contributed by atoms with van der Waals surface area (Å²) in [4.78, 5) is 30.8. The van der Waals surface area contributed by atoms with Crippen molar-refractivity contribution in [3.05, 3.63) is 59.9 Å². The standard InChI is InChI=1S/C24H29N3O3/c1-2-22(17-9-13-25-14-10-17)26-23(28)18-5-7-20(8-6-18)30-21-11-15-27(16-12-21)24(29)19-3-4-19/h5-10,13-14,19,21-22H,2-4,11-12,15-16H2,1H3,(H,26,28)/t22-/m0/s1. The summed E-state index contributed by atoms with van der Waals surface area (Å²) in [7, 11) is 0. The van der Waals surface area contributed by atoms with Crippen LogP contribution in [0.2, 0.25) is 0 Å². The number of amides is 2. The number of carbonyl (C=O) groups excluding carboxylic acids is 2. The van der Waals surface area contributed by atoms with Crippen LogP contribution in [0.1, 0.15) is 61.0 Å². The Balaban J connectivity index is 1.28. The van der Waals surface area contributed by atoms with Gasteiger partial charge in [-0.05, 0) is 61.2 Å². The van der Waals surface area contributed by atoms with E-state index in [-0.39, 0.29) is 24.0 Å². The van der Waals surface area contributed by atoms with Crippen molar-refractivity contribution in [3.63, 3.8) is 0 Å². The number of piperidine rings is 1. The molecule has 2 aliphatic rings. The SMILES string of the molecule is CC[C@H](NC(=O)c1ccc(OC2CCN(C(=O)C3CC3)CC2)cc1)c1ccncc1. The van der Waals surface area contributed by atoms with E-state index in [1.807, 2.05) is 36.1 Å². The van der Waals surface area contributed by atoms with Gasteiger partial charge < -0.3 is 15.0 Å². The summed E-state index contributed by atoms with van der Waals surface area (Å²) in [5.41, 5.74) is 1.66. The number of nitrogens with one attached hydrogen (secondary N) is 1. The Kier molecular flexibility index (Phi) is 6.31. The van der Waals surface area contributed by atoms with Crippen molar-refractivity contribution in [2.45, 2.75) is 51.2 Å². The largest absolute Gasteiger partial charge is 0.490 e. The van der Waals surface area contributed by atoms with Crippen LogP contribution < -0.4 is 10.1 Å². The molecule has 4 rings (SSSR count). The predicted molar refractivity (Wildman–Crippen MR) is 114 cm³/mol. The van der Waals surface area contributed by atoms with Gasteiger partial charge in [-0.2, -0.15) is 0 Å². The molecule has 6 nitrogen and oxygen atoms in total. The highest BCUT2D eigenvalue weighted by atomic mass is 16.5. The Morgan fingerprint density at radius 2 is 1.73 bits per heavy atom. The number of rotatable bonds is 7. The molecule has 2 amide bonds. The summed E-state index contributed by atoms with van der Waals surface area (Å²) in [6.07, 6.45) is 8.21. The fourth-order valence-electron chi connectivity index (χ4n) is 3.92. The summed E-state index contributed by atoms with van der Waals surface area (Å²) in [5.74, 6) is 1.27. The lowest BCUT2D eigenvalue weighted by Crippen LogP contribution is -2.42. The lowest BCUT2D eigenvalue weighted by atomic mass is 10.1. The van der Waals surface area contributed by atoms with Crippen LogP contribution in [0.4, 0.5) is 0 Å². The van der Waals surface area contributed by atoms with Crippen molar-refractivity contribution >= 4 is 11.8 Å². The van der Waals surface area contributed by atoms with Crippen LogP contribution >= 0.6 is 0 Å². The Bertz CT molecular complexity index is 857. The maximum atomic E-state index is 12.6. The smallest absolute Gasteiger partial charge is 0.251 e. The minimum atomic E-state index is -0.0999.